The molecule has 4 nitrogen and oxygen atoms in total. The molecule has 24 heavy (non-hydrogen) atoms. The van der Waals surface area contributed by atoms with Crippen molar-refractivity contribution in [3.8, 4) is 0 Å². The molecule has 0 unspecified atom stereocenters. The Morgan fingerprint density at radius 3 is 2.04 bits per heavy atom. The Balaban J connectivity index is 1.83. The molecule has 0 bridgehead atoms. The molecule has 0 saturated carbocycles. The molecule has 2 aromatic carbocycles. The standard InChI is InChI=1S/C19H21NO3Si/c1-14-19-15(2)23-24(16-9-5-3-6-10-16,17-11-7-4-8-12-17)21-13-18(19)20-22-14/h3-12,14-15,19H,13H2,1-2H3/t14-,15-,19+/m1/s1. The highest BCUT2D eigenvalue weighted by Crippen LogP contribution is 2.29. The SMILES string of the molecule is C[C@H]1ON=C2CO[Si](c3ccccc3)(c3ccccc3)O[C@H](C)[C@@H]21. The fourth-order valence-electron chi connectivity index (χ4n) is 3.65. The maximum absolute atomic E-state index is 6.71. The number of oxime groups is 1. The molecule has 2 aromatic rings. The van der Waals surface area contributed by atoms with Gasteiger partial charge in [0.2, 0.25) is 0 Å². The minimum Gasteiger partial charge on any atom is -0.392 e. The first-order valence-electron chi connectivity index (χ1n) is 8.36. The maximum Gasteiger partial charge on any atom is 0.407 e. The second kappa shape index (κ2) is 6.16. The van der Waals surface area contributed by atoms with E-state index < -0.39 is 8.56 Å². The van der Waals surface area contributed by atoms with Gasteiger partial charge in [0.25, 0.3) is 0 Å². The molecule has 124 valence electrons. The summed E-state index contributed by atoms with van der Waals surface area (Å²) in [6.07, 6.45) is 0.00535. The predicted octanol–water partition coefficient (Wildman–Crippen LogP) is 2.07. The van der Waals surface area contributed by atoms with Crippen molar-refractivity contribution in [2.75, 3.05) is 6.61 Å². The molecular weight excluding hydrogens is 318 g/mol. The number of fused-ring (bicyclic) bond motifs is 1. The zero-order valence-electron chi connectivity index (χ0n) is 13.9. The fraction of sp³-hybridized carbons (Fsp3) is 0.316. The third-order valence-electron chi connectivity index (χ3n) is 4.82. The summed E-state index contributed by atoms with van der Waals surface area (Å²) in [6, 6.07) is 20.6. The highest BCUT2D eigenvalue weighted by atomic mass is 28.4. The third kappa shape index (κ3) is 2.49. The van der Waals surface area contributed by atoms with E-state index in [0.717, 1.165) is 16.1 Å². The van der Waals surface area contributed by atoms with Crippen molar-refractivity contribution >= 4 is 24.6 Å². The molecule has 1 fully saturated rings. The number of hydrogen-bond donors (Lipinski definition) is 0. The summed E-state index contributed by atoms with van der Waals surface area (Å²) in [6.45, 7) is 4.60. The molecule has 0 aromatic heterocycles. The van der Waals surface area contributed by atoms with Gasteiger partial charge >= 0.3 is 8.56 Å². The molecule has 2 aliphatic heterocycles. The van der Waals surface area contributed by atoms with Gasteiger partial charge in [0.1, 0.15) is 6.10 Å². The first kappa shape index (κ1) is 15.6. The van der Waals surface area contributed by atoms with Gasteiger partial charge < -0.3 is 13.7 Å². The molecule has 0 aliphatic carbocycles. The minimum absolute atomic E-state index is 0.0178. The van der Waals surface area contributed by atoms with E-state index in [-0.39, 0.29) is 18.1 Å². The van der Waals surface area contributed by atoms with Crippen molar-refractivity contribution in [2.24, 2.45) is 11.1 Å². The van der Waals surface area contributed by atoms with E-state index in [1.54, 1.807) is 0 Å². The Morgan fingerprint density at radius 1 is 0.875 bits per heavy atom. The summed E-state index contributed by atoms with van der Waals surface area (Å²) in [5.41, 5.74) is 0.955. The van der Waals surface area contributed by atoms with Crippen LogP contribution in [0.1, 0.15) is 13.8 Å². The van der Waals surface area contributed by atoms with E-state index in [1.165, 1.54) is 0 Å². The van der Waals surface area contributed by atoms with Crippen molar-refractivity contribution in [3.63, 3.8) is 0 Å². The summed E-state index contributed by atoms with van der Waals surface area (Å²) >= 11 is 0. The number of nitrogens with zero attached hydrogens (tertiary/aromatic N) is 1. The Morgan fingerprint density at radius 2 is 1.46 bits per heavy atom. The monoisotopic (exact) mass is 339 g/mol. The first-order valence-corrected chi connectivity index (χ1v) is 10.2. The van der Waals surface area contributed by atoms with Crippen LogP contribution in [0.4, 0.5) is 0 Å². The molecule has 4 rings (SSSR count). The topological polar surface area (TPSA) is 40.0 Å². The van der Waals surface area contributed by atoms with Crippen molar-refractivity contribution in [1.82, 2.24) is 0 Å². The van der Waals surface area contributed by atoms with Gasteiger partial charge in [-0.3, -0.25) is 0 Å². The highest BCUT2D eigenvalue weighted by Gasteiger charge is 2.51. The van der Waals surface area contributed by atoms with Crippen LogP contribution in [0.15, 0.2) is 65.8 Å². The van der Waals surface area contributed by atoms with Gasteiger partial charge in [-0.2, -0.15) is 0 Å². The second-order valence-electron chi connectivity index (χ2n) is 6.38. The van der Waals surface area contributed by atoms with E-state index >= 15 is 0 Å². The van der Waals surface area contributed by atoms with Gasteiger partial charge in [-0.15, -0.1) is 0 Å². The van der Waals surface area contributed by atoms with Crippen LogP contribution in [-0.2, 0) is 13.7 Å². The normalized spacial score (nSPS) is 28.4. The highest BCUT2D eigenvalue weighted by molar-refractivity contribution is 6.92. The first-order chi connectivity index (χ1) is 11.7. The summed E-state index contributed by atoms with van der Waals surface area (Å²) in [5.74, 6) is 0.145. The Labute approximate surface area is 143 Å². The lowest BCUT2D eigenvalue weighted by Crippen LogP contribution is -2.64. The van der Waals surface area contributed by atoms with Gasteiger partial charge in [0, 0.05) is 0 Å². The summed E-state index contributed by atoms with van der Waals surface area (Å²) in [7, 11) is -2.78. The number of rotatable bonds is 2. The van der Waals surface area contributed by atoms with Gasteiger partial charge in [-0.25, -0.2) is 0 Å². The molecule has 3 atom stereocenters. The van der Waals surface area contributed by atoms with Crippen molar-refractivity contribution in [2.45, 2.75) is 26.1 Å². The van der Waals surface area contributed by atoms with Crippen LogP contribution in [0.3, 0.4) is 0 Å². The second-order valence-corrected chi connectivity index (χ2v) is 9.29. The van der Waals surface area contributed by atoms with Crippen LogP contribution < -0.4 is 10.4 Å². The summed E-state index contributed by atoms with van der Waals surface area (Å²) < 4.78 is 13.2. The van der Waals surface area contributed by atoms with Gasteiger partial charge in [-0.1, -0.05) is 65.8 Å². The molecule has 2 aliphatic rings. The third-order valence-corrected chi connectivity index (χ3v) is 8.26. The zero-order valence-corrected chi connectivity index (χ0v) is 14.9. The van der Waals surface area contributed by atoms with Gasteiger partial charge in [-0.05, 0) is 24.2 Å². The lowest BCUT2D eigenvalue weighted by atomic mass is 9.94. The Bertz CT molecular complexity index is 695. The molecule has 0 radical (unpaired) electrons. The van der Waals surface area contributed by atoms with E-state index in [2.05, 4.69) is 36.3 Å². The summed E-state index contributed by atoms with van der Waals surface area (Å²) in [4.78, 5) is 5.45. The van der Waals surface area contributed by atoms with Crippen LogP contribution in [0, 0.1) is 5.92 Å². The van der Waals surface area contributed by atoms with Crippen molar-refractivity contribution in [3.05, 3.63) is 60.7 Å². The van der Waals surface area contributed by atoms with Crippen molar-refractivity contribution < 1.29 is 13.7 Å². The van der Waals surface area contributed by atoms with Crippen LogP contribution in [-0.4, -0.2) is 33.1 Å². The van der Waals surface area contributed by atoms with Crippen molar-refractivity contribution in [1.29, 1.82) is 0 Å². The quantitative estimate of drug-likeness (QED) is 0.787. The van der Waals surface area contributed by atoms with E-state index in [4.69, 9.17) is 13.7 Å². The molecular formula is C19H21NO3Si. The van der Waals surface area contributed by atoms with Crippen LogP contribution >= 0.6 is 0 Å². The smallest absolute Gasteiger partial charge is 0.392 e. The maximum atomic E-state index is 6.71. The average molecular weight is 339 g/mol. The summed E-state index contributed by atoms with van der Waals surface area (Å²) in [5, 5.41) is 6.48. The van der Waals surface area contributed by atoms with Crippen LogP contribution in [0.5, 0.6) is 0 Å². The molecule has 0 amide bonds. The molecule has 0 spiro atoms. The number of benzene rings is 2. The largest absolute Gasteiger partial charge is 0.407 e. The Hall–Kier alpha value is -1.95. The molecule has 2 heterocycles. The molecule has 5 heteroatoms. The van der Waals surface area contributed by atoms with Gasteiger partial charge in [0.15, 0.2) is 0 Å². The van der Waals surface area contributed by atoms with E-state index in [1.807, 2.05) is 43.3 Å². The van der Waals surface area contributed by atoms with Gasteiger partial charge in [0.05, 0.1) is 24.3 Å². The van der Waals surface area contributed by atoms with Crippen LogP contribution in [0.2, 0.25) is 0 Å². The van der Waals surface area contributed by atoms with E-state index in [9.17, 15) is 0 Å². The predicted molar refractivity (Wildman–Crippen MR) is 95.9 cm³/mol. The average Bonchev–Trinajstić information content (AvgIpc) is 2.93. The lowest BCUT2D eigenvalue weighted by Gasteiger charge is -2.32. The van der Waals surface area contributed by atoms with Crippen LogP contribution in [0.25, 0.3) is 0 Å². The molecule has 0 N–H and O–H groups in total. The zero-order chi connectivity index (χ0) is 16.6. The molecule has 1 saturated heterocycles. The number of hydrogen-bond acceptors (Lipinski definition) is 4. The fourth-order valence-corrected chi connectivity index (χ4v) is 6.94. The Kier molecular flexibility index (Phi) is 4.00. The van der Waals surface area contributed by atoms with E-state index in [0.29, 0.717) is 6.61 Å². The minimum atomic E-state index is -2.78. The lowest BCUT2D eigenvalue weighted by molar-refractivity contribution is 0.0351.